The molecule has 2 aromatic carbocycles. The van der Waals surface area contributed by atoms with Crippen LogP contribution in [-0.2, 0) is 54.4 Å². The number of rotatable bonds is 23. The normalized spacial score (nSPS) is 13.4. The van der Waals surface area contributed by atoms with E-state index in [-0.39, 0.29) is 104 Å². The summed E-state index contributed by atoms with van der Waals surface area (Å²) in [5.74, 6) is -3.40. The van der Waals surface area contributed by atoms with Crippen LogP contribution < -0.4 is 42.6 Å². The molecule has 21 nitrogen and oxygen atoms in total. The number of thiophene rings is 2. The minimum Gasteiger partial charge on any atom is -0.496 e. The van der Waals surface area contributed by atoms with Gasteiger partial charge in [-0.3, -0.25) is 28.3 Å². The number of hydrogen-bond acceptors (Lipinski definition) is 17. The number of amides is 2. The molecule has 0 saturated carbocycles. The van der Waals surface area contributed by atoms with Crippen molar-refractivity contribution < 1.29 is 52.4 Å². The number of methoxy groups -OCH3 is 2. The second kappa shape index (κ2) is 24.5. The average molecular weight is 1150 g/mol. The number of benzene rings is 2. The molecule has 0 aliphatic heterocycles. The standard InChI is InChI=1S/C56H68FN7O14S2/c1-15-59-51(71)56(12,64-45(67)41-31(7)43(49(69)77-17-3)79-46(41)61(53(64)73)25-36(65)35-23-33(57)19-21-37(35)74-13)24-32-18-20-34(38(22-32)75-14)39(78-28-54(8,9)27-58)26-62-47-40(30(6)42(80-47)48(68)76-16-2)44(66)63(52(62)72)55(10,11)50(70)60-29(4)5/h18-23,29,36,39,65H,15-17,24-26,28H2,1-14H3,(H,59,71)(H,60,70)/t36-,39-,56?/m0/s1. The Labute approximate surface area is 468 Å². The predicted octanol–water partition coefficient (Wildman–Crippen LogP) is 6.28. The molecule has 0 fully saturated rings. The number of hydrogen-bond donors (Lipinski definition) is 3. The number of aromatic nitrogens is 4. The van der Waals surface area contributed by atoms with E-state index in [0.29, 0.717) is 11.1 Å². The van der Waals surface area contributed by atoms with Gasteiger partial charge in [0.25, 0.3) is 11.1 Å². The number of fused-ring (bicyclic) bond motifs is 2. The van der Waals surface area contributed by atoms with Crippen molar-refractivity contribution in [1.82, 2.24) is 28.9 Å². The van der Waals surface area contributed by atoms with Crippen molar-refractivity contribution >= 4 is 66.9 Å². The maximum absolute atomic E-state index is 15.2. The molecule has 0 bridgehead atoms. The van der Waals surface area contributed by atoms with Crippen molar-refractivity contribution in [2.24, 2.45) is 5.41 Å². The zero-order valence-corrected chi connectivity index (χ0v) is 49.0. The second-order valence-electron chi connectivity index (χ2n) is 20.8. The number of carbonyl (C=O) groups excluding carboxylic acids is 4. The number of esters is 2. The fourth-order valence-electron chi connectivity index (χ4n) is 9.39. The van der Waals surface area contributed by atoms with Gasteiger partial charge in [0, 0.05) is 30.1 Å². The Morgan fingerprint density at radius 1 is 0.750 bits per heavy atom. The first-order valence-electron chi connectivity index (χ1n) is 25.8. The Kier molecular flexibility index (Phi) is 18.9. The average Bonchev–Trinajstić information content (AvgIpc) is 3.94. The maximum atomic E-state index is 15.2. The number of nitrogens with one attached hydrogen (secondary N) is 2. The Morgan fingerprint density at radius 2 is 1.29 bits per heavy atom. The molecule has 24 heteroatoms. The number of halogens is 1. The third-order valence-electron chi connectivity index (χ3n) is 13.6. The molecular weight excluding hydrogens is 1080 g/mol. The van der Waals surface area contributed by atoms with E-state index in [2.05, 4.69) is 16.7 Å². The van der Waals surface area contributed by atoms with E-state index in [1.54, 1.807) is 73.6 Å². The molecule has 3 N–H and O–H groups in total. The van der Waals surface area contributed by atoms with Crippen LogP contribution in [0.15, 0.2) is 55.6 Å². The Balaban J connectivity index is 1.59. The fraction of sp³-hybridized carbons (Fsp3) is 0.482. The van der Waals surface area contributed by atoms with Gasteiger partial charge in [-0.1, -0.05) is 12.1 Å². The van der Waals surface area contributed by atoms with Crippen molar-refractivity contribution in [3.63, 3.8) is 0 Å². The molecule has 1 unspecified atom stereocenters. The number of likely N-dealkylation sites (N-methyl/N-ethyl adjacent to an activating group) is 1. The molecule has 3 atom stereocenters. The van der Waals surface area contributed by atoms with Crippen LogP contribution in [0.3, 0.4) is 0 Å². The highest BCUT2D eigenvalue weighted by Crippen LogP contribution is 2.37. The van der Waals surface area contributed by atoms with Gasteiger partial charge in [0.1, 0.15) is 60.0 Å². The smallest absolute Gasteiger partial charge is 0.348 e. The van der Waals surface area contributed by atoms with Gasteiger partial charge in [-0.15, -0.1) is 22.7 Å². The van der Waals surface area contributed by atoms with Crippen molar-refractivity contribution in [2.75, 3.05) is 40.6 Å². The number of carbonyl (C=O) groups is 4. The minimum absolute atomic E-state index is 0.00610. The fourth-order valence-corrected chi connectivity index (χ4v) is 11.8. The van der Waals surface area contributed by atoms with Crippen LogP contribution in [0.2, 0.25) is 0 Å². The van der Waals surface area contributed by atoms with E-state index in [4.69, 9.17) is 23.7 Å². The summed E-state index contributed by atoms with van der Waals surface area (Å²) >= 11 is 1.64. The van der Waals surface area contributed by atoms with Crippen LogP contribution in [0.25, 0.3) is 20.4 Å². The zero-order chi connectivity index (χ0) is 59.5. The predicted molar refractivity (Wildman–Crippen MR) is 300 cm³/mol. The molecule has 0 radical (unpaired) electrons. The van der Waals surface area contributed by atoms with Gasteiger partial charge < -0.3 is 39.4 Å². The van der Waals surface area contributed by atoms with Crippen LogP contribution >= 0.6 is 22.7 Å². The molecular formula is C56H68FN7O14S2. The first kappa shape index (κ1) is 61.7. The van der Waals surface area contributed by atoms with Crippen LogP contribution in [0.1, 0.15) is 129 Å². The topological polar surface area (TPSA) is 271 Å². The highest BCUT2D eigenvalue weighted by atomic mass is 32.1. The lowest BCUT2D eigenvalue weighted by molar-refractivity contribution is -0.130. The largest absolute Gasteiger partial charge is 0.496 e. The molecule has 4 heterocycles. The van der Waals surface area contributed by atoms with E-state index in [9.17, 15) is 38.7 Å². The lowest BCUT2D eigenvalue weighted by Crippen LogP contribution is -2.58. The monoisotopic (exact) mass is 1150 g/mol. The third kappa shape index (κ3) is 11.9. The molecule has 6 aromatic rings. The summed E-state index contributed by atoms with van der Waals surface area (Å²) in [7, 11) is 2.67. The maximum Gasteiger partial charge on any atom is 0.348 e. The van der Waals surface area contributed by atoms with E-state index in [1.807, 2.05) is 0 Å². The van der Waals surface area contributed by atoms with E-state index in [0.717, 1.165) is 48.5 Å². The molecule has 0 aliphatic rings. The van der Waals surface area contributed by atoms with Crippen LogP contribution in [0.5, 0.6) is 11.5 Å². The third-order valence-corrected chi connectivity index (χ3v) is 16.2. The molecule has 6 rings (SSSR count). The van der Waals surface area contributed by atoms with Crippen molar-refractivity contribution in [3.8, 4) is 17.6 Å². The SMILES string of the molecule is CCNC(=O)C(C)(Cc1ccc([C@H](Cn2c(=O)n(C(C)(C)C(=O)NC(C)C)c(=O)c3c(C)c(C(=O)OCC)sc32)OCC(C)(C)C#N)c(OC)c1)n1c(=O)c2c(C)c(C(=O)OCC)sc2n(C[C@H](O)c2cc(F)ccc2OC)c1=O. The highest BCUT2D eigenvalue weighted by molar-refractivity contribution is 7.21. The lowest BCUT2D eigenvalue weighted by Gasteiger charge is -2.31. The first-order chi connectivity index (χ1) is 37.6. The van der Waals surface area contributed by atoms with Gasteiger partial charge in [-0.2, -0.15) is 5.26 Å². The Bertz CT molecular complexity index is 3690. The van der Waals surface area contributed by atoms with Gasteiger partial charge in [0.05, 0.1) is 69.4 Å². The van der Waals surface area contributed by atoms with Crippen LogP contribution in [0, 0.1) is 36.4 Å². The van der Waals surface area contributed by atoms with Crippen LogP contribution in [-0.4, -0.2) is 93.8 Å². The summed E-state index contributed by atoms with van der Waals surface area (Å²) < 4.78 is 47.2. The summed E-state index contributed by atoms with van der Waals surface area (Å²) in [5, 5.41) is 27.3. The van der Waals surface area contributed by atoms with Gasteiger partial charge >= 0.3 is 23.3 Å². The number of nitrogens with zero attached hydrogens (tertiary/aromatic N) is 5. The van der Waals surface area contributed by atoms with Gasteiger partial charge in [0.2, 0.25) is 11.8 Å². The summed E-state index contributed by atoms with van der Waals surface area (Å²) in [6, 6.07) is 10.0. The Morgan fingerprint density at radius 3 is 1.80 bits per heavy atom. The van der Waals surface area contributed by atoms with Crippen LogP contribution in [0.4, 0.5) is 4.39 Å². The molecule has 430 valence electrons. The first-order valence-corrected chi connectivity index (χ1v) is 27.5. The molecule has 2 amide bonds. The number of ether oxygens (including phenoxy) is 5. The van der Waals surface area contributed by atoms with Gasteiger partial charge in [-0.25, -0.2) is 32.7 Å². The molecule has 0 saturated heterocycles. The molecule has 0 spiro atoms. The number of aryl methyl sites for hydroxylation is 2. The van der Waals surface area contributed by atoms with Crippen molar-refractivity contribution in [3.05, 3.63) is 121 Å². The number of aliphatic hydroxyl groups excluding tert-OH is 1. The minimum atomic E-state index is -2.09. The van der Waals surface area contributed by atoms with Gasteiger partial charge in [0.15, 0.2) is 0 Å². The summed E-state index contributed by atoms with van der Waals surface area (Å²) in [6.07, 6.45) is -3.19. The lowest BCUT2D eigenvalue weighted by atomic mass is 9.89. The number of aliphatic hydroxyl groups is 1. The quantitative estimate of drug-likeness (QED) is 0.0596. The van der Waals surface area contributed by atoms with Crippen molar-refractivity contribution in [1.29, 1.82) is 5.26 Å². The molecule has 4 aromatic heterocycles. The highest BCUT2D eigenvalue weighted by Gasteiger charge is 2.42. The summed E-state index contributed by atoms with van der Waals surface area (Å²) in [4.78, 5) is 115. The second-order valence-corrected chi connectivity index (χ2v) is 22.8. The van der Waals surface area contributed by atoms with Gasteiger partial charge in [-0.05, 0) is 124 Å². The molecule has 80 heavy (non-hydrogen) atoms. The van der Waals surface area contributed by atoms with E-state index in [1.165, 1.54) is 52.5 Å². The van der Waals surface area contributed by atoms with Crippen molar-refractivity contribution in [2.45, 2.75) is 132 Å². The Hall–Kier alpha value is -7.46. The molecule has 0 aliphatic carbocycles. The summed E-state index contributed by atoms with van der Waals surface area (Å²) in [5.41, 5.74) is -7.74. The number of nitriles is 1. The zero-order valence-electron chi connectivity index (χ0n) is 47.3. The van der Waals surface area contributed by atoms with E-state index >= 15 is 14.4 Å². The van der Waals surface area contributed by atoms with E-state index < -0.39 is 87.3 Å². The summed E-state index contributed by atoms with van der Waals surface area (Å²) in [6.45, 7) is 17.8.